The van der Waals surface area contributed by atoms with E-state index in [4.69, 9.17) is 9.15 Å². The van der Waals surface area contributed by atoms with Gasteiger partial charge >= 0.3 is 0 Å². The number of guanidine groups is 1. The molecule has 7 nitrogen and oxygen atoms in total. The molecule has 2 aliphatic heterocycles. The van der Waals surface area contributed by atoms with Crippen LogP contribution in [0.5, 0.6) is 0 Å². The van der Waals surface area contributed by atoms with Crippen LogP contribution in [0, 0.1) is 0 Å². The van der Waals surface area contributed by atoms with Crippen LogP contribution >= 0.6 is 0 Å². The number of morpholine rings is 1. The van der Waals surface area contributed by atoms with E-state index in [-0.39, 0.29) is 0 Å². The van der Waals surface area contributed by atoms with Gasteiger partial charge in [0.15, 0.2) is 5.96 Å². The van der Waals surface area contributed by atoms with Gasteiger partial charge in [-0.1, -0.05) is 18.2 Å². The smallest absolute Gasteiger partial charge is 0.226 e. The molecule has 1 atom stereocenters. The van der Waals surface area contributed by atoms with Gasteiger partial charge in [0.05, 0.1) is 25.5 Å². The van der Waals surface area contributed by atoms with Crippen LogP contribution in [0.15, 0.2) is 46.0 Å². The molecular weight excluding hydrogens is 342 g/mol. The summed E-state index contributed by atoms with van der Waals surface area (Å²) < 4.78 is 11.1. The summed E-state index contributed by atoms with van der Waals surface area (Å²) in [4.78, 5) is 13.9. The summed E-state index contributed by atoms with van der Waals surface area (Å²) in [5, 5.41) is 3.43. The van der Waals surface area contributed by atoms with Crippen LogP contribution in [0.1, 0.15) is 12.1 Å². The number of rotatable bonds is 4. The number of aliphatic imine (C=N–C) groups is 1. The summed E-state index contributed by atoms with van der Waals surface area (Å²) in [6.07, 6.45) is 2.88. The maximum atomic E-state index is 5.62. The van der Waals surface area contributed by atoms with Crippen molar-refractivity contribution in [3.05, 3.63) is 42.3 Å². The van der Waals surface area contributed by atoms with E-state index in [1.807, 2.05) is 37.4 Å². The van der Waals surface area contributed by atoms with Crippen molar-refractivity contribution >= 4 is 5.96 Å². The molecule has 2 aliphatic rings. The normalized spacial score (nSPS) is 21.6. The number of aromatic nitrogens is 1. The van der Waals surface area contributed by atoms with Gasteiger partial charge in [-0.3, -0.25) is 9.89 Å². The molecule has 4 rings (SSSR count). The highest BCUT2D eigenvalue weighted by Gasteiger charge is 2.30. The molecule has 0 radical (unpaired) electrons. The average molecular weight is 369 g/mol. The summed E-state index contributed by atoms with van der Waals surface area (Å²) in [5.74, 6) is 1.57. The zero-order chi connectivity index (χ0) is 18.5. The van der Waals surface area contributed by atoms with E-state index in [0.717, 1.165) is 56.6 Å². The first-order valence-electron chi connectivity index (χ1n) is 9.60. The van der Waals surface area contributed by atoms with E-state index in [1.165, 1.54) is 6.42 Å². The number of oxazole rings is 1. The maximum absolute atomic E-state index is 5.62. The molecule has 0 saturated carbocycles. The van der Waals surface area contributed by atoms with E-state index in [1.54, 1.807) is 6.26 Å². The van der Waals surface area contributed by atoms with E-state index in [2.05, 4.69) is 25.1 Å². The summed E-state index contributed by atoms with van der Waals surface area (Å²) in [6.45, 7) is 6.39. The number of benzene rings is 1. The molecule has 144 valence electrons. The van der Waals surface area contributed by atoms with Gasteiger partial charge in [-0.25, -0.2) is 4.98 Å². The Kier molecular flexibility index (Phi) is 5.69. The minimum absolute atomic E-state index is 0.587. The Bertz CT molecular complexity index is 755. The van der Waals surface area contributed by atoms with Crippen molar-refractivity contribution in [1.82, 2.24) is 20.1 Å². The van der Waals surface area contributed by atoms with E-state index in [9.17, 15) is 0 Å². The van der Waals surface area contributed by atoms with Crippen molar-refractivity contribution < 1.29 is 9.15 Å². The zero-order valence-corrected chi connectivity index (χ0v) is 15.8. The average Bonchev–Trinajstić information content (AvgIpc) is 3.40. The molecule has 0 aliphatic carbocycles. The lowest BCUT2D eigenvalue weighted by molar-refractivity contribution is 0.0195. The lowest BCUT2D eigenvalue weighted by Crippen LogP contribution is -2.46. The van der Waals surface area contributed by atoms with Crippen LogP contribution < -0.4 is 5.32 Å². The van der Waals surface area contributed by atoms with Crippen LogP contribution in [-0.4, -0.2) is 73.2 Å². The molecule has 2 fully saturated rings. The Hall–Kier alpha value is -2.38. The second kappa shape index (κ2) is 8.54. The summed E-state index contributed by atoms with van der Waals surface area (Å²) in [6, 6.07) is 10.5. The van der Waals surface area contributed by atoms with Crippen LogP contribution in [0.2, 0.25) is 0 Å². The number of nitrogens with zero attached hydrogens (tertiary/aromatic N) is 4. The Morgan fingerprint density at radius 2 is 2.04 bits per heavy atom. The lowest BCUT2D eigenvalue weighted by Gasteiger charge is -2.32. The van der Waals surface area contributed by atoms with Gasteiger partial charge < -0.3 is 19.4 Å². The molecular formula is C20H27N5O2. The van der Waals surface area contributed by atoms with Crippen LogP contribution in [0.25, 0.3) is 11.5 Å². The fourth-order valence-electron chi connectivity index (χ4n) is 3.78. The van der Waals surface area contributed by atoms with Gasteiger partial charge in [-0.2, -0.15) is 0 Å². The molecule has 1 N–H and O–H groups in total. The predicted molar refractivity (Wildman–Crippen MR) is 105 cm³/mol. The third-order valence-corrected chi connectivity index (χ3v) is 5.24. The molecule has 7 heteroatoms. The van der Waals surface area contributed by atoms with Crippen LogP contribution in [0.4, 0.5) is 0 Å². The summed E-state index contributed by atoms with van der Waals surface area (Å²) in [7, 11) is 1.84. The number of ether oxygens (including phenoxy) is 1. The quantitative estimate of drug-likeness (QED) is 0.655. The Morgan fingerprint density at radius 1 is 1.22 bits per heavy atom. The fourth-order valence-corrected chi connectivity index (χ4v) is 3.78. The van der Waals surface area contributed by atoms with Gasteiger partial charge in [0, 0.05) is 44.8 Å². The predicted octanol–water partition coefficient (Wildman–Crippen LogP) is 1.82. The highest BCUT2D eigenvalue weighted by molar-refractivity contribution is 5.80. The summed E-state index contributed by atoms with van der Waals surface area (Å²) in [5.41, 5.74) is 1.86. The van der Waals surface area contributed by atoms with Gasteiger partial charge in [-0.05, 0) is 18.6 Å². The molecule has 1 aromatic carbocycles. The third kappa shape index (κ3) is 4.31. The number of likely N-dealkylation sites (tertiary alicyclic amines) is 1. The van der Waals surface area contributed by atoms with Crippen molar-refractivity contribution in [2.75, 3.05) is 46.4 Å². The van der Waals surface area contributed by atoms with E-state index in [0.29, 0.717) is 18.5 Å². The first kappa shape index (κ1) is 18.0. The van der Waals surface area contributed by atoms with Gasteiger partial charge in [0.25, 0.3) is 0 Å². The van der Waals surface area contributed by atoms with E-state index >= 15 is 0 Å². The standard InChI is InChI=1S/C20H27N5O2/c1-21-20(25-8-7-18(14-25)24-9-11-26-12-10-24)22-13-17-15-27-19(23-17)16-5-3-2-4-6-16/h2-6,15,18H,7-14H2,1H3,(H,21,22). The van der Waals surface area contributed by atoms with Gasteiger partial charge in [0.1, 0.15) is 6.26 Å². The van der Waals surface area contributed by atoms with Gasteiger partial charge in [0.2, 0.25) is 5.89 Å². The first-order chi connectivity index (χ1) is 13.3. The Labute approximate surface area is 160 Å². The van der Waals surface area contributed by atoms with Crippen molar-refractivity contribution in [1.29, 1.82) is 0 Å². The van der Waals surface area contributed by atoms with Crippen LogP contribution in [0.3, 0.4) is 0 Å². The SMILES string of the molecule is CN=C(NCc1coc(-c2ccccc2)n1)N1CCC(N2CCOCC2)C1. The highest BCUT2D eigenvalue weighted by Crippen LogP contribution is 2.19. The number of hydrogen-bond acceptors (Lipinski definition) is 5. The first-order valence-corrected chi connectivity index (χ1v) is 9.60. The fraction of sp³-hybridized carbons (Fsp3) is 0.500. The molecule has 2 saturated heterocycles. The molecule has 0 bridgehead atoms. The zero-order valence-electron chi connectivity index (χ0n) is 15.8. The molecule has 2 aromatic rings. The highest BCUT2D eigenvalue weighted by atomic mass is 16.5. The molecule has 3 heterocycles. The van der Waals surface area contributed by atoms with Crippen molar-refractivity contribution in [3.63, 3.8) is 0 Å². The monoisotopic (exact) mass is 369 g/mol. The van der Waals surface area contributed by atoms with Crippen molar-refractivity contribution in [2.45, 2.75) is 19.0 Å². The van der Waals surface area contributed by atoms with Crippen molar-refractivity contribution in [3.8, 4) is 11.5 Å². The van der Waals surface area contributed by atoms with Gasteiger partial charge in [-0.15, -0.1) is 0 Å². The number of hydrogen-bond donors (Lipinski definition) is 1. The Balaban J connectivity index is 1.31. The molecule has 1 unspecified atom stereocenters. The third-order valence-electron chi connectivity index (χ3n) is 5.24. The number of nitrogens with one attached hydrogen (secondary N) is 1. The second-order valence-electron chi connectivity index (χ2n) is 6.95. The van der Waals surface area contributed by atoms with Crippen LogP contribution in [-0.2, 0) is 11.3 Å². The molecule has 1 aromatic heterocycles. The lowest BCUT2D eigenvalue weighted by atomic mass is 10.2. The minimum atomic E-state index is 0.587. The largest absolute Gasteiger partial charge is 0.444 e. The molecule has 0 amide bonds. The summed E-state index contributed by atoms with van der Waals surface area (Å²) >= 11 is 0. The Morgan fingerprint density at radius 3 is 2.81 bits per heavy atom. The molecule has 0 spiro atoms. The minimum Gasteiger partial charge on any atom is -0.444 e. The topological polar surface area (TPSA) is 66.1 Å². The second-order valence-corrected chi connectivity index (χ2v) is 6.95. The van der Waals surface area contributed by atoms with Crippen molar-refractivity contribution in [2.24, 2.45) is 4.99 Å². The molecule has 27 heavy (non-hydrogen) atoms. The van der Waals surface area contributed by atoms with E-state index < -0.39 is 0 Å². The maximum Gasteiger partial charge on any atom is 0.226 e.